The zero-order valence-corrected chi connectivity index (χ0v) is 33.5. The molecule has 3 heteroatoms. The number of fused-ring (bicyclic) bond motifs is 7. The van der Waals surface area contributed by atoms with Gasteiger partial charge in [0.05, 0.1) is 27.9 Å². The second-order valence-electron chi connectivity index (χ2n) is 15.9. The molecule has 0 atom stereocenters. The lowest BCUT2D eigenvalue weighted by molar-refractivity contribution is 0.666. The van der Waals surface area contributed by atoms with Gasteiger partial charge < -0.3 is 8.98 Å². The first kappa shape index (κ1) is 35.0. The van der Waals surface area contributed by atoms with E-state index in [1.165, 1.54) is 55.3 Å². The van der Waals surface area contributed by atoms with Crippen LogP contribution in [0.2, 0.25) is 0 Å². The summed E-state index contributed by atoms with van der Waals surface area (Å²) in [6.07, 6.45) is 0. The molecule has 0 unspecified atom stereocenters. The van der Waals surface area contributed by atoms with Crippen LogP contribution in [0.4, 0.5) is 0 Å². The summed E-state index contributed by atoms with van der Waals surface area (Å²) >= 11 is 0. The minimum absolute atomic E-state index is 0.835. The molecule has 0 amide bonds. The third-order valence-corrected chi connectivity index (χ3v) is 12.4. The van der Waals surface area contributed by atoms with Gasteiger partial charge in [-0.3, -0.25) is 0 Å². The maximum atomic E-state index is 7.00. The number of nitrogens with zero attached hydrogens (tertiary/aromatic N) is 2. The second kappa shape index (κ2) is 14.1. The molecule has 0 fully saturated rings. The molecule has 0 bridgehead atoms. The highest BCUT2D eigenvalue weighted by Gasteiger charge is 2.23. The van der Waals surface area contributed by atoms with Gasteiger partial charge in [0, 0.05) is 32.5 Å². The predicted molar refractivity (Wildman–Crippen MR) is 255 cm³/mol. The zero-order chi connectivity index (χ0) is 40.4. The van der Waals surface area contributed by atoms with Gasteiger partial charge in [-0.1, -0.05) is 170 Å². The van der Waals surface area contributed by atoms with Crippen LogP contribution in [0.15, 0.2) is 217 Å². The lowest BCUT2D eigenvalue weighted by Gasteiger charge is -2.16. The minimum atomic E-state index is 0.835. The quantitative estimate of drug-likeness (QED) is 0.168. The molecule has 0 saturated heterocycles. The Bertz CT molecular complexity index is 3520. The SMILES string of the molecule is Cc1c(-c2cccc3oc4c(-n5c6ccc(-c7ccccc7)cc6c6cc(-c7ccccc7)ccc65)cccc4c23)nc2ccccc2c1-c1ccc(-c2ccccc2)cc1. The van der Waals surface area contributed by atoms with Crippen molar-refractivity contribution in [3.8, 4) is 61.5 Å². The van der Waals surface area contributed by atoms with E-state index in [1.807, 2.05) is 0 Å². The fourth-order valence-electron chi connectivity index (χ4n) is 9.51. The van der Waals surface area contributed by atoms with Crippen molar-refractivity contribution >= 4 is 54.6 Å². The van der Waals surface area contributed by atoms with Crippen LogP contribution in [-0.2, 0) is 0 Å². The first-order valence-electron chi connectivity index (χ1n) is 20.9. The normalized spacial score (nSPS) is 11.7. The largest absolute Gasteiger partial charge is 0.454 e. The van der Waals surface area contributed by atoms with E-state index in [1.54, 1.807) is 0 Å². The Kier molecular flexibility index (Phi) is 8.07. The first-order valence-corrected chi connectivity index (χ1v) is 20.9. The molecule has 3 heterocycles. The number of para-hydroxylation sites is 2. The van der Waals surface area contributed by atoms with Crippen molar-refractivity contribution in [1.29, 1.82) is 0 Å². The average molecular weight is 779 g/mol. The van der Waals surface area contributed by atoms with Gasteiger partial charge in [-0.05, 0) is 99.5 Å². The predicted octanol–water partition coefficient (Wildman–Crippen LogP) is 15.9. The van der Waals surface area contributed by atoms with E-state index in [2.05, 4.69) is 224 Å². The molecular formula is C58H38N2O. The fraction of sp³-hybridized carbons (Fsp3) is 0.0172. The molecule has 286 valence electrons. The lowest BCUT2D eigenvalue weighted by Crippen LogP contribution is -1.96. The minimum Gasteiger partial charge on any atom is -0.454 e. The molecule has 3 aromatic heterocycles. The highest BCUT2D eigenvalue weighted by molar-refractivity contribution is 6.17. The third kappa shape index (κ3) is 5.70. The van der Waals surface area contributed by atoms with E-state index in [9.17, 15) is 0 Å². The maximum Gasteiger partial charge on any atom is 0.159 e. The summed E-state index contributed by atoms with van der Waals surface area (Å²) in [6.45, 7) is 2.22. The molecule has 0 aliphatic rings. The van der Waals surface area contributed by atoms with Crippen LogP contribution in [-0.4, -0.2) is 9.55 Å². The van der Waals surface area contributed by atoms with Crippen molar-refractivity contribution in [1.82, 2.24) is 9.55 Å². The lowest BCUT2D eigenvalue weighted by atomic mass is 9.91. The van der Waals surface area contributed by atoms with Gasteiger partial charge in [0.15, 0.2) is 5.58 Å². The summed E-state index contributed by atoms with van der Waals surface area (Å²) in [4.78, 5) is 5.41. The number of benzene rings is 9. The topological polar surface area (TPSA) is 31.0 Å². The van der Waals surface area contributed by atoms with Crippen LogP contribution in [0.25, 0.3) is 116 Å². The van der Waals surface area contributed by atoms with Gasteiger partial charge in [-0.2, -0.15) is 0 Å². The van der Waals surface area contributed by atoms with Gasteiger partial charge in [-0.15, -0.1) is 0 Å². The number of hydrogen-bond acceptors (Lipinski definition) is 2. The number of rotatable bonds is 6. The van der Waals surface area contributed by atoms with E-state index >= 15 is 0 Å². The molecule has 9 aromatic carbocycles. The van der Waals surface area contributed by atoms with Gasteiger partial charge in [0.2, 0.25) is 0 Å². The average Bonchev–Trinajstić information content (AvgIpc) is 3.88. The molecule has 0 radical (unpaired) electrons. The van der Waals surface area contributed by atoms with Crippen molar-refractivity contribution in [2.75, 3.05) is 0 Å². The van der Waals surface area contributed by atoms with Crippen molar-refractivity contribution < 1.29 is 4.42 Å². The summed E-state index contributed by atoms with van der Waals surface area (Å²) in [7, 11) is 0. The molecule has 0 aliphatic heterocycles. The van der Waals surface area contributed by atoms with Crippen molar-refractivity contribution in [3.63, 3.8) is 0 Å². The molecule has 0 saturated carbocycles. The van der Waals surface area contributed by atoms with Gasteiger partial charge >= 0.3 is 0 Å². The number of aromatic nitrogens is 2. The number of hydrogen-bond donors (Lipinski definition) is 0. The Morgan fingerprint density at radius 2 is 0.918 bits per heavy atom. The standard InChI is InChI=1S/C58H38N2O/c1-37-55(42-29-27-41(28-30-42)38-15-5-2-6-16-38)45-21-11-12-24-50(45)59-57(37)46-22-14-26-54-56(46)47-23-13-25-53(58(47)61-54)60-51-33-31-43(39-17-7-3-8-18-39)35-48(51)49-36-44(32-34-52(49)60)40-19-9-4-10-20-40/h2-36H,1H3. The highest BCUT2D eigenvalue weighted by atomic mass is 16.3. The van der Waals surface area contributed by atoms with Gasteiger partial charge in [0.25, 0.3) is 0 Å². The first-order chi connectivity index (χ1) is 30.2. The number of pyridine rings is 1. The Labute approximate surface area is 353 Å². The molecule has 0 spiro atoms. The van der Waals surface area contributed by atoms with E-state index in [4.69, 9.17) is 9.40 Å². The molecule has 12 rings (SSSR count). The van der Waals surface area contributed by atoms with E-state index in [0.29, 0.717) is 0 Å². The fourth-order valence-corrected chi connectivity index (χ4v) is 9.51. The van der Waals surface area contributed by atoms with Crippen molar-refractivity contribution in [3.05, 3.63) is 218 Å². The van der Waals surface area contributed by atoms with E-state index in [-0.39, 0.29) is 0 Å². The molecule has 12 aromatic rings. The Morgan fingerprint density at radius 1 is 0.410 bits per heavy atom. The van der Waals surface area contributed by atoms with Crippen LogP contribution in [0.3, 0.4) is 0 Å². The maximum absolute atomic E-state index is 7.00. The van der Waals surface area contributed by atoms with Crippen molar-refractivity contribution in [2.45, 2.75) is 6.92 Å². The van der Waals surface area contributed by atoms with Gasteiger partial charge in [-0.25, -0.2) is 4.98 Å². The van der Waals surface area contributed by atoms with Crippen molar-refractivity contribution in [2.24, 2.45) is 0 Å². The molecular weight excluding hydrogens is 741 g/mol. The Morgan fingerprint density at radius 3 is 1.56 bits per heavy atom. The zero-order valence-electron chi connectivity index (χ0n) is 33.5. The molecule has 0 N–H and O–H groups in total. The monoisotopic (exact) mass is 778 g/mol. The molecule has 0 aliphatic carbocycles. The van der Waals surface area contributed by atoms with Crippen LogP contribution in [0, 0.1) is 6.92 Å². The Hall–Kier alpha value is -8.01. The van der Waals surface area contributed by atoms with Crippen LogP contribution in [0.5, 0.6) is 0 Å². The number of furan rings is 1. The Balaban J connectivity index is 1.07. The second-order valence-corrected chi connectivity index (χ2v) is 15.9. The van der Waals surface area contributed by atoms with E-state index in [0.717, 1.165) is 66.4 Å². The summed E-state index contributed by atoms with van der Waals surface area (Å²) < 4.78 is 9.39. The molecule has 61 heavy (non-hydrogen) atoms. The summed E-state index contributed by atoms with van der Waals surface area (Å²) in [5.74, 6) is 0. The molecule has 3 nitrogen and oxygen atoms in total. The van der Waals surface area contributed by atoms with Crippen LogP contribution < -0.4 is 0 Å². The van der Waals surface area contributed by atoms with Crippen LogP contribution in [0.1, 0.15) is 5.56 Å². The smallest absolute Gasteiger partial charge is 0.159 e. The summed E-state index contributed by atoms with van der Waals surface area (Å²) in [6, 6.07) is 75.9. The van der Waals surface area contributed by atoms with E-state index < -0.39 is 0 Å². The third-order valence-electron chi connectivity index (χ3n) is 12.4. The summed E-state index contributed by atoms with van der Waals surface area (Å²) in [5.41, 5.74) is 18.6. The highest BCUT2D eigenvalue weighted by Crippen LogP contribution is 2.45. The van der Waals surface area contributed by atoms with Gasteiger partial charge in [0.1, 0.15) is 5.58 Å². The van der Waals surface area contributed by atoms with Crippen LogP contribution >= 0.6 is 0 Å². The summed E-state index contributed by atoms with van der Waals surface area (Å²) in [5, 5.41) is 5.66.